The molecule has 1 saturated heterocycles. The van der Waals surface area contributed by atoms with Crippen LogP contribution in [0.1, 0.15) is 31.7 Å². The van der Waals surface area contributed by atoms with Crippen molar-refractivity contribution in [2.45, 2.75) is 31.8 Å². The molecule has 0 bridgehead atoms. The Morgan fingerprint density at radius 3 is 2.82 bits per heavy atom. The topological polar surface area (TPSA) is 53.3 Å². The van der Waals surface area contributed by atoms with Crippen LogP contribution in [0.5, 0.6) is 0 Å². The lowest BCUT2D eigenvalue weighted by Crippen LogP contribution is -2.52. The van der Waals surface area contributed by atoms with E-state index in [-0.39, 0.29) is 5.91 Å². The largest absolute Gasteiger partial charge is 0.367 e. The highest BCUT2D eigenvalue weighted by molar-refractivity contribution is 5.81. The number of morpholine rings is 1. The van der Waals surface area contributed by atoms with E-state index in [2.05, 4.69) is 6.07 Å². The number of hydrogen-bond donors (Lipinski definition) is 0. The van der Waals surface area contributed by atoms with E-state index in [1.807, 2.05) is 42.2 Å². The number of ether oxygens (including phenoxy) is 1. The molecule has 1 aromatic rings. The number of amides is 1. The van der Waals surface area contributed by atoms with Gasteiger partial charge in [-0.1, -0.05) is 43.2 Å². The average Bonchev–Trinajstić information content (AvgIpc) is 3.37. The van der Waals surface area contributed by atoms with Crippen LogP contribution in [0.4, 0.5) is 0 Å². The molecule has 2 atom stereocenters. The summed E-state index contributed by atoms with van der Waals surface area (Å²) >= 11 is 0. The molecular formula is C18H22N2O2. The first-order valence-corrected chi connectivity index (χ1v) is 8.00. The van der Waals surface area contributed by atoms with Gasteiger partial charge in [-0.25, -0.2) is 0 Å². The molecule has 1 aliphatic heterocycles. The number of carbonyl (C=O) groups excluding carboxylic acids is 1. The summed E-state index contributed by atoms with van der Waals surface area (Å²) in [4.78, 5) is 14.5. The van der Waals surface area contributed by atoms with E-state index in [1.165, 1.54) is 0 Å². The van der Waals surface area contributed by atoms with E-state index in [0.717, 1.165) is 24.8 Å². The number of carbonyl (C=O) groups is 1. The second-order valence-electron chi connectivity index (χ2n) is 6.57. The van der Waals surface area contributed by atoms with Crippen LogP contribution in [0.3, 0.4) is 0 Å². The second kappa shape index (κ2) is 6.10. The smallest absolute Gasteiger partial charge is 0.240 e. The van der Waals surface area contributed by atoms with Crippen molar-refractivity contribution in [1.29, 1.82) is 5.26 Å². The van der Waals surface area contributed by atoms with Gasteiger partial charge in [0.05, 0.1) is 19.2 Å². The van der Waals surface area contributed by atoms with Gasteiger partial charge in [0.25, 0.3) is 0 Å². The first kappa shape index (κ1) is 15.1. The lowest BCUT2D eigenvalue weighted by atomic mass is 9.92. The fourth-order valence-corrected chi connectivity index (χ4v) is 3.14. The minimum absolute atomic E-state index is 0.0279. The van der Waals surface area contributed by atoms with E-state index >= 15 is 0 Å². The van der Waals surface area contributed by atoms with Gasteiger partial charge in [-0.15, -0.1) is 0 Å². The molecule has 1 aliphatic carbocycles. The van der Waals surface area contributed by atoms with E-state index < -0.39 is 11.5 Å². The molecule has 0 aromatic heterocycles. The fraction of sp³-hybridized carbons (Fsp3) is 0.556. The first-order valence-electron chi connectivity index (χ1n) is 8.00. The van der Waals surface area contributed by atoms with Crippen molar-refractivity contribution in [2.75, 3.05) is 19.7 Å². The maximum absolute atomic E-state index is 12.7. The molecular weight excluding hydrogens is 276 g/mol. The quantitative estimate of drug-likeness (QED) is 0.859. The predicted octanol–water partition coefficient (Wildman–Crippen LogP) is 2.70. The van der Waals surface area contributed by atoms with Crippen molar-refractivity contribution in [3.8, 4) is 6.07 Å². The third-order valence-electron chi connectivity index (χ3n) is 4.69. The number of nitriles is 1. The monoisotopic (exact) mass is 298 g/mol. The van der Waals surface area contributed by atoms with Crippen LogP contribution in [0.15, 0.2) is 30.3 Å². The van der Waals surface area contributed by atoms with Gasteiger partial charge >= 0.3 is 0 Å². The summed E-state index contributed by atoms with van der Waals surface area (Å²) in [7, 11) is 0. The number of hydrogen-bond acceptors (Lipinski definition) is 3. The van der Waals surface area contributed by atoms with Gasteiger partial charge < -0.3 is 9.64 Å². The molecule has 22 heavy (non-hydrogen) atoms. The van der Waals surface area contributed by atoms with Gasteiger partial charge in [-0.2, -0.15) is 5.26 Å². The Kier molecular flexibility index (Phi) is 4.17. The zero-order valence-corrected chi connectivity index (χ0v) is 13.0. The van der Waals surface area contributed by atoms with Crippen molar-refractivity contribution in [1.82, 2.24) is 4.90 Å². The molecule has 1 aromatic carbocycles. The van der Waals surface area contributed by atoms with Crippen molar-refractivity contribution < 1.29 is 9.53 Å². The highest BCUT2D eigenvalue weighted by Crippen LogP contribution is 2.36. The number of rotatable bonds is 4. The Hall–Kier alpha value is -1.86. The summed E-state index contributed by atoms with van der Waals surface area (Å²) in [6.45, 7) is 3.62. The number of nitrogens with zero attached hydrogens (tertiary/aromatic N) is 2. The lowest BCUT2D eigenvalue weighted by Gasteiger charge is -2.41. The minimum atomic E-state index is -0.495. The van der Waals surface area contributed by atoms with Gasteiger partial charge in [0, 0.05) is 6.54 Å². The van der Waals surface area contributed by atoms with Gasteiger partial charge in [-0.05, 0) is 24.8 Å². The molecule has 1 saturated carbocycles. The van der Waals surface area contributed by atoms with E-state index in [9.17, 15) is 10.1 Å². The molecule has 2 aliphatic rings. The molecule has 2 unspecified atom stereocenters. The highest BCUT2D eigenvalue weighted by atomic mass is 16.5. The summed E-state index contributed by atoms with van der Waals surface area (Å²) in [5.41, 5.74) is 0.581. The Balaban J connectivity index is 1.72. The Morgan fingerprint density at radius 2 is 2.18 bits per heavy atom. The van der Waals surface area contributed by atoms with Gasteiger partial charge in [0.2, 0.25) is 5.91 Å². The van der Waals surface area contributed by atoms with Crippen LogP contribution in [0.2, 0.25) is 0 Å². The van der Waals surface area contributed by atoms with E-state index in [1.54, 1.807) is 0 Å². The minimum Gasteiger partial charge on any atom is -0.367 e. The molecule has 1 amide bonds. The second-order valence-corrected chi connectivity index (χ2v) is 6.57. The van der Waals surface area contributed by atoms with Gasteiger partial charge in [0.1, 0.15) is 11.5 Å². The zero-order valence-electron chi connectivity index (χ0n) is 13.0. The van der Waals surface area contributed by atoms with Crippen LogP contribution >= 0.6 is 0 Å². The average molecular weight is 298 g/mol. The molecule has 0 radical (unpaired) electrons. The normalized spacial score (nSPS) is 26.3. The van der Waals surface area contributed by atoms with E-state index in [4.69, 9.17) is 4.74 Å². The molecule has 2 fully saturated rings. The summed E-state index contributed by atoms with van der Waals surface area (Å²) in [5.74, 6) is 0.0561. The Morgan fingerprint density at radius 1 is 1.45 bits per heavy atom. The van der Waals surface area contributed by atoms with Crippen LogP contribution in [-0.4, -0.2) is 30.5 Å². The summed E-state index contributed by atoms with van der Waals surface area (Å²) in [6, 6.07) is 12.2. The lowest BCUT2D eigenvalue weighted by molar-refractivity contribution is -0.152. The maximum atomic E-state index is 12.7. The Labute approximate surface area is 131 Å². The van der Waals surface area contributed by atoms with Crippen molar-refractivity contribution in [3.05, 3.63) is 35.9 Å². The van der Waals surface area contributed by atoms with Crippen molar-refractivity contribution >= 4 is 5.91 Å². The fourth-order valence-electron chi connectivity index (χ4n) is 3.14. The van der Waals surface area contributed by atoms with Crippen LogP contribution in [0.25, 0.3) is 0 Å². The van der Waals surface area contributed by atoms with Crippen LogP contribution in [-0.2, 0) is 15.1 Å². The molecule has 0 spiro atoms. The molecule has 0 N–H and O–H groups in total. The molecule has 3 rings (SSSR count). The highest BCUT2D eigenvalue weighted by Gasteiger charge is 2.38. The predicted molar refractivity (Wildman–Crippen MR) is 82.8 cm³/mol. The number of benzene rings is 1. The third-order valence-corrected chi connectivity index (χ3v) is 4.69. The Bertz CT molecular complexity index is 576. The summed E-state index contributed by atoms with van der Waals surface area (Å²) in [5, 5.41) is 9.32. The standard InChI is InChI=1S/C18H22N2O2/c1-18(16-5-3-2-4-6-16)13-20(9-10-22-18)17(21)15(12-19)11-14-7-8-14/h2-6,14-15H,7-11,13H2,1H3. The van der Waals surface area contributed by atoms with Crippen LogP contribution < -0.4 is 0 Å². The van der Waals surface area contributed by atoms with Gasteiger partial charge in [-0.3, -0.25) is 4.79 Å². The molecule has 4 nitrogen and oxygen atoms in total. The first-order chi connectivity index (χ1) is 10.6. The molecule has 4 heteroatoms. The van der Waals surface area contributed by atoms with Crippen molar-refractivity contribution in [3.63, 3.8) is 0 Å². The zero-order chi connectivity index (χ0) is 15.6. The van der Waals surface area contributed by atoms with Crippen LogP contribution in [0, 0.1) is 23.2 Å². The SMILES string of the molecule is CC1(c2ccccc2)CN(C(=O)C(C#N)CC2CC2)CCO1. The molecule has 1 heterocycles. The maximum Gasteiger partial charge on any atom is 0.240 e. The molecule has 116 valence electrons. The summed E-state index contributed by atoms with van der Waals surface area (Å²) < 4.78 is 5.96. The van der Waals surface area contributed by atoms with Gasteiger partial charge in [0.15, 0.2) is 0 Å². The van der Waals surface area contributed by atoms with E-state index in [0.29, 0.717) is 25.6 Å². The summed E-state index contributed by atoms with van der Waals surface area (Å²) in [6.07, 6.45) is 3.04. The van der Waals surface area contributed by atoms with Crippen molar-refractivity contribution in [2.24, 2.45) is 11.8 Å². The third kappa shape index (κ3) is 3.15.